The van der Waals surface area contributed by atoms with Crippen LogP contribution in [-0.4, -0.2) is 0 Å². The van der Waals surface area contributed by atoms with E-state index in [1.165, 1.54) is 32.1 Å². The first-order valence-electron chi connectivity index (χ1n) is 5.14. The molecule has 1 fully saturated rings. The highest BCUT2D eigenvalue weighted by Crippen LogP contribution is 2.35. The zero-order chi connectivity index (χ0) is 9.10. The number of hydrogen-bond acceptors (Lipinski definition) is 1. The Morgan fingerprint density at radius 3 is 2.38 bits per heavy atom. The van der Waals surface area contributed by atoms with Crippen molar-refractivity contribution in [1.29, 1.82) is 0 Å². The van der Waals surface area contributed by atoms with Crippen LogP contribution in [-0.2, 0) is 0 Å². The molecule has 0 aliphatic heterocycles. The molecule has 1 aromatic carbocycles. The molecule has 0 N–H and O–H groups in total. The van der Waals surface area contributed by atoms with E-state index in [9.17, 15) is 5.11 Å². The number of rotatable bonds is 1. The second kappa shape index (κ2) is 3.82. The highest BCUT2D eigenvalue weighted by atomic mass is 16.3. The molecule has 0 amide bonds. The summed E-state index contributed by atoms with van der Waals surface area (Å²) in [5.41, 5.74) is 1.04. The Morgan fingerprint density at radius 1 is 1.00 bits per heavy atom. The maximum Gasteiger partial charge on any atom is -0.0168 e. The van der Waals surface area contributed by atoms with Gasteiger partial charge in [0.2, 0.25) is 0 Å². The first-order chi connectivity index (χ1) is 6.38. The summed E-state index contributed by atoms with van der Waals surface area (Å²) in [6, 6.07) is 7.49. The predicted octanol–water partition coefficient (Wildman–Crippen LogP) is 2.81. The van der Waals surface area contributed by atoms with E-state index in [1.54, 1.807) is 6.07 Å². The van der Waals surface area contributed by atoms with Gasteiger partial charge in [0.05, 0.1) is 0 Å². The van der Waals surface area contributed by atoms with Crippen molar-refractivity contribution in [2.75, 3.05) is 0 Å². The van der Waals surface area contributed by atoms with Gasteiger partial charge in [0, 0.05) is 0 Å². The summed E-state index contributed by atoms with van der Waals surface area (Å²) in [5, 5.41) is 11.5. The third kappa shape index (κ3) is 1.85. The molecule has 0 atom stereocenters. The van der Waals surface area contributed by atoms with Crippen molar-refractivity contribution in [2.24, 2.45) is 0 Å². The van der Waals surface area contributed by atoms with Gasteiger partial charge >= 0.3 is 0 Å². The van der Waals surface area contributed by atoms with Gasteiger partial charge in [0.1, 0.15) is 0 Å². The summed E-state index contributed by atoms with van der Waals surface area (Å²) < 4.78 is 0. The molecule has 1 saturated carbocycles. The molecule has 0 unspecified atom stereocenters. The molecule has 70 valence electrons. The van der Waals surface area contributed by atoms with E-state index in [4.69, 9.17) is 0 Å². The lowest BCUT2D eigenvalue weighted by Crippen LogP contribution is -2.07. The van der Waals surface area contributed by atoms with Crippen LogP contribution in [0.4, 0.5) is 0 Å². The molecular weight excluding hydrogens is 160 g/mol. The van der Waals surface area contributed by atoms with Gasteiger partial charge in [-0.25, -0.2) is 0 Å². The maximum absolute atomic E-state index is 11.5. The number of hydrogen-bond donors (Lipinski definition) is 0. The van der Waals surface area contributed by atoms with Gasteiger partial charge in [-0.1, -0.05) is 49.1 Å². The molecule has 1 aliphatic carbocycles. The van der Waals surface area contributed by atoms with Crippen LogP contribution < -0.4 is 5.11 Å². The second-order valence-corrected chi connectivity index (χ2v) is 3.87. The van der Waals surface area contributed by atoms with Gasteiger partial charge in [-0.05, 0) is 18.8 Å². The van der Waals surface area contributed by atoms with Gasteiger partial charge in [-0.15, -0.1) is 5.75 Å². The molecule has 2 rings (SSSR count). The highest BCUT2D eigenvalue weighted by molar-refractivity contribution is 5.33. The maximum atomic E-state index is 11.5. The fourth-order valence-electron chi connectivity index (χ4n) is 2.23. The number of benzene rings is 1. The first-order valence-corrected chi connectivity index (χ1v) is 5.14. The fourth-order valence-corrected chi connectivity index (χ4v) is 2.23. The van der Waals surface area contributed by atoms with Crippen LogP contribution in [0.3, 0.4) is 0 Å². The van der Waals surface area contributed by atoms with Crippen LogP contribution >= 0.6 is 0 Å². The lowest BCUT2D eigenvalue weighted by Gasteiger charge is -2.26. The predicted molar refractivity (Wildman–Crippen MR) is 51.7 cm³/mol. The molecule has 0 saturated heterocycles. The van der Waals surface area contributed by atoms with Crippen molar-refractivity contribution < 1.29 is 5.11 Å². The highest BCUT2D eigenvalue weighted by Gasteiger charge is 2.15. The van der Waals surface area contributed by atoms with Crippen molar-refractivity contribution in [3.8, 4) is 5.75 Å². The quantitative estimate of drug-likeness (QED) is 0.643. The Labute approximate surface area is 79.4 Å². The topological polar surface area (TPSA) is 23.1 Å². The average molecular weight is 175 g/mol. The summed E-state index contributed by atoms with van der Waals surface area (Å²) in [6.07, 6.45) is 6.34. The van der Waals surface area contributed by atoms with E-state index in [1.807, 2.05) is 18.2 Å². The first kappa shape index (κ1) is 8.61. The molecular formula is C12H15O-. The average Bonchev–Trinajstić information content (AvgIpc) is 2.20. The lowest BCUT2D eigenvalue weighted by molar-refractivity contribution is -0.269. The van der Waals surface area contributed by atoms with Crippen LogP contribution in [0.2, 0.25) is 0 Å². The zero-order valence-corrected chi connectivity index (χ0v) is 7.83. The molecule has 1 nitrogen and oxygen atoms in total. The molecule has 0 spiro atoms. The Bertz CT molecular complexity index is 274. The summed E-state index contributed by atoms with van der Waals surface area (Å²) in [5.74, 6) is 0.775. The summed E-state index contributed by atoms with van der Waals surface area (Å²) in [7, 11) is 0. The summed E-state index contributed by atoms with van der Waals surface area (Å²) >= 11 is 0. The standard InChI is InChI=1S/C12H16O/c13-12-9-5-4-8-11(12)10-6-2-1-3-7-10/h4-5,8-10,13H,1-3,6-7H2/p-1. The van der Waals surface area contributed by atoms with Crippen molar-refractivity contribution in [3.63, 3.8) is 0 Å². The normalized spacial score (nSPS) is 18.8. The van der Waals surface area contributed by atoms with Gasteiger partial charge in [0.25, 0.3) is 0 Å². The monoisotopic (exact) mass is 175 g/mol. The van der Waals surface area contributed by atoms with Crippen molar-refractivity contribution in [3.05, 3.63) is 29.8 Å². The zero-order valence-electron chi connectivity index (χ0n) is 7.83. The Kier molecular flexibility index (Phi) is 2.53. The minimum absolute atomic E-state index is 0.231. The molecule has 1 aliphatic rings. The molecule has 0 aromatic heterocycles. The van der Waals surface area contributed by atoms with Crippen LogP contribution in [0.5, 0.6) is 5.75 Å². The molecule has 13 heavy (non-hydrogen) atoms. The van der Waals surface area contributed by atoms with Crippen LogP contribution in [0.1, 0.15) is 43.6 Å². The van der Waals surface area contributed by atoms with E-state index in [-0.39, 0.29) is 5.75 Å². The van der Waals surface area contributed by atoms with E-state index in [0.29, 0.717) is 5.92 Å². The van der Waals surface area contributed by atoms with E-state index < -0.39 is 0 Å². The van der Waals surface area contributed by atoms with E-state index in [2.05, 4.69) is 0 Å². The minimum Gasteiger partial charge on any atom is -0.872 e. The lowest BCUT2D eigenvalue weighted by atomic mass is 9.84. The molecule has 1 heteroatoms. The number of para-hydroxylation sites is 1. The smallest absolute Gasteiger partial charge is 0.0168 e. The Balaban J connectivity index is 2.18. The third-order valence-corrected chi connectivity index (χ3v) is 2.96. The largest absolute Gasteiger partial charge is 0.872 e. The van der Waals surface area contributed by atoms with Crippen LogP contribution in [0.25, 0.3) is 0 Å². The SMILES string of the molecule is [O-]c1ccccc1C1CCCCC1. The van der Waals surface area contributed by atoms with Gasteiger partial charge < -0.3 is 5.11 Å². The minimum atomic E-state index is 0.231. The third-order valence-electron chi connectivity index (χ3n) is 2.96. The molecule has 1 aromatic rings. The summed E-state index contributed by atoms with van der Waals surface area (Å²) in [4.78, 5) is 0. The van der Waals surface area contributed by atoms with Gasteiger partial charge in [-0.3, -0.25) is 0 Å². The van der Waals surface area contributed by atoms with Crippen molar-refractivity contribution in [1.82, 2.24) is 0 Å². The molecule has 0 radical (unpaired) electrons. The van der Waals surface area contributed by atoms with Crippen LogP contribution in [0, 0.1) is 0 Å². The van der Waals surface area contributed by atoms with E-state index >= 15 is 0 Å². The van der Waals surface area contributed by atoms with Crippen molar-refractivity contribution >= 4 is 0 Å². The van der Waals surface area contributed by atoms with Gasteiger partial charge in [-0.2, -0.15) is 0 Å². The van der Waals surface area contributed by atoms with Crippen LogP contribution in [0.15, 0.2) is 24.3 Å². The van der Waals surface area contributed by atoms with E-state index in [0.717, 1.165) is 5.56 Å². The van der Waals surface area contributed by atoms with Gasteiger partial charge in [0.15, 0.2) is 0 Å². The molecule has 0 bridgehead atoms. The summed E-state index contributed by atoms with van der Waals surface area (Å²) in [6.45, 7) is 0. The van der Waals surface area contributed by atoms with Crippen molar-refractivity contribution in [2.45, 2.75) is 38.0 Å². The fraction of sp³-hybridized carbons (Fsp3) is 0.500. The molecule has 0 heterocycles. The Hall–Kier alpha value is -0.980. The Morgan fingerprint density at radius 2 is 1.69 bits per heavy atom. The second-order valence-electron chi connectivity index (χ2n) is 3.87.